The normalized spacial score (nSPS) is 25.1. The van der Waals surface area contributed by atoms with Crippen molar-refractivity contribution in [3.05, 3.63) is 17.6 Å². The van der Waals surface area contributed by atoms with Crippen LogP contribution in [0.1, 0.15) is 38.2 Å². The van der Waals surface area contributed by atoms with E-state index in [2.05, 4.69) is 34.1 Å². The molecule has 3 N–H and O–H groups in total. The molecule has 5 heteroatoms. The summed E-state index contributed by atoms with van der Waals surface area (Å²) < 4.78 is 0. The SMILES string of the molecule is Cc1cc(NN)nc(CN2CCCC(C)C2C)n1. The monoisotopic (exact) mass is 249 g/mol. The number of nitrogens with zero attached hydrogens (tertiary/aromatic N) is 3. The quantitative estimate of drug-likeness (QED) is 0.630. The summed E-state index contributed by atoms with van der Waals surface area (Å²) in [5, 5.41) is 0. The first-order valence-electron chi connectivity index (χ1n) is 6.65. The van der Waals surface area contributed by atoms with Gasteiger partial charge in [0.15, 0.2) is 0 Å². The minimum atomic E-state index is 0.595. The zero-order chi connectivity index (χ0) is 13.1. The molecule has 1 saturated heterocycles. The fraction of sp³-hybridized carbons (Fsp3) is 0.692. The van der Waals surface area contributed by atoms with Crippen LogP contribution in [0.5, 0.6) is 0 Å². The Kier molecular flexibility index (Phi) is 4.14. The van der Waals surface area contributed by atoms with Crippen LogP contribution in [0.2, 0.25) is 0 Å². The van der Waals surface area contributed by atoms with Crippen molar-refractivity contribution in [2.75, 3.05) is 12.0 Å². The maximum Gasteiger partial charge on any atom is 0.145 e. The van der Waals surface area contributed by atoms with Crippen LogP contribution in [0.3, 0.4) is 0 Å². The standard InChI is InChI=1S/C13H23N5/c1-9-5-4-6-18(11(9)3)8-13-15-10(2)7-12(16-13)17-14/h7,9,11H,4-6,8,14H2,1-3H3,(H,15,16,17). The van der Waals surface area contributed by atoms with Crippen molar-refractivity contribution in [1.82, 2.24) is 14.9 Å². The van der Waals surface area contributed by atoms with Crippen molar-refractivity contribution in [1.29, 1.82) is 0 Å². The number of hydrogen-bond acceptors (Lipinski definition) is 5. The fourth-order valence-electron chi connectivity index (χ4n) is 2.60. The molecule has 1 aliphatic rings. The lowest BCUT2D eigenvalue weighted by Gasteiger charge is -2.37. The molecule has 1 aliphatic heterocycles. The Morgan fingerprint density at radius 2 is 2.22 bits per heavy atom. The molecular formula is C13H23N5. The Hall–Kier alpha value is -1.20. The Morgan fingerprint density at radius 3 is 2.94 bits per heavy atom. The smallest absolute Gasteiger partial charge is 0.145 e. The van der Waals surface area contributed by atoms with Gasteiger partial charge in [-0.1, -0.05) is 6.92 Å². The molecule has 0 bridgehead atoms. The summed E-state index contributed by atoms with van der Waals surface area (Å²) >= 11 is 0. The first kappa shape index (κ1) is 13.2. The predicted octanol–water partition coefficient (Wildman–Crippen LogP) is 1.69. The number of aryl methyl sites for hydroxylation is 1. The molecule has 2 atom stereocenters. The molecule has 1 aromatic heterocycles. The lowest BCUT2D eigenvalue weighted by molar-refractivity contribution is 0.104. The van der Waals surface area contributed by atoms with E-state index in [0.29, 0.717) is 11.9 Å². The van der Waals surface area contributed by atoms with E-state index < -0.39 is 0 Å². The van der Waals surface area contributed by atoms with Gasteiger partial charge in [-0.25, -0.2) is 15.8 Å². The van der Waals surface area contributed by atoms with E-state index in [1.54, 1.807) is 0 Å². The minimum Gasteiger partial charge on any atom is -0.308 e. The van der Waals surface area contributed by atoms with Gasteiger partial charge in [-0.15, -0.1) is 0 Å². The summed E-state index contributed by atoms with van der Waals surface area (Å²) in [5.41, 5.74) is 3.55. The minimum absolute atomic E-state index is 0.595. The second kappa shape index (κ2) is 5.63. The Morgan fingerprint density at radius 1 is 1.44 bits per heavy atom. The highest BCUT2D eigenvalue weighted by atomic mass is 15.3. The molecule has 0 aliphatic carbocycles. The summed E-state index contributed by atoms with van der Waals surface area (Å²) in [4.78, 5) is 11.4. The number of likely N-dealkylation sites (tertiary alicyclic amines) is 1. The molecule has 0 radical (unpaired) electrons. The van der Waals surface area contributed by atoms with Crippen LogP contribution in [0, 0.1) is 12.8 Å². The van der Waals surface area contributed by atoms with Gasteiger partial charge in [0.2, 0.25) is 0 Å². The molecule has 1 aromatic rings. The zero-order valence-electron chi connectivity index (χ0n) is 11.5. The van der Waals surface area contributed by atoms with Gasteiger partial charge >= 0.3 is 0 Å². The summed E-state index contributed by atoms with van der Waals surface area (Å²) in [7, 11) is 0. The van der Waals surface area contributed by atoms with Crippen LogP contribution < -0.4 is 11.3 Å². The van der Waals surface area contributed by atoms with E-state index in [1.807, 2.05) is 13.0 Å². The van der Waals surface area contributed by atoms with Crippen LogP contribution in [0.15, 0.2) is 6.07 Å². The molecule has 0 saturated carbocycles. The molecule has 2 heterocycles. The van der Waals surface area contributed by atoms with E-state index in [9.17, 15) is 0 Å². The van der Waals surface area contributed by atoms with Gasteiger partial charge < -0.3 is 5.43 Å². The van der Waals surface area contributed by atoms with Gasteiger partial charge in [0.05, 0.1) is 6.54 Å². The molecule has 0 spiro atoms. The highest BCUT2D eigenvalue weighted by Gasteiger charge is 2.25. The summed E-state index contributed by atoms with van der Waals surface area (Å²) in [6.07, 6.45) is 2.58. The molecule has 2 rings (SSSR count). The van der Waals surface area contributed by atoms with Crippen LogP contribution in [0.4, 0.5) is 5.82 Å². The third-order valence-corrected chi connectivity index (χ3v) is 3.90. The van der Waals surface area contributed by atoms with E-state index in [4.69, 9.17) is 5.84 Å². The Bertz CT molecular complexity index is 406. The third-order valence-electron chi connectivity index (χ3n) is 3.90. The van der Waals surface area contributed by atoms with E-state index in [-0.39, 0.29) is 0 Å². The van der Waals surface area contributed by atoms with Crippen molar-refractivity contribution < 1.29 is 0 Å². The van der Waals surface area contributed by atoms with Gasteiger partial charge in [-0.2, -0.15) is 0 Å². The number of hydrogen-bond donors (Lipinski definition) is 2. The van der Waals surface area contributed by atoms with Gasteiger partial charge in [0.1, 0.15) is 11.6 Å². The summed E-state index contributed by atoms with van der Waals surface area (Å²) in [6, 6.07) is 2.45. The van der Waals surface area contributed by atoms with Crippen LogP contribution in [-0.2, 0) is 6.54 Å². The fourth-order valence-corrected chi connectivity index (χ4v) is 2.60. The average Bonchev–Trinajstić information content (AvgIpc) is 2.34. The van der Waals surface area contributed by atoms with Crippen LogP contribution >= 0.6 is 0 Å². The van der Waals surface area contributed by atoms with Crippen molar-refractivity contribution >= 4 is 5.82 Å². The number of aromatic nitrogens is 2. The van der Waals surface area contributed by atoms with Crippen molar-refractivity contribution in [2.24, 2.45) is 11.8 Å². The van der Waals surface area contributed by atoms with Crippen molar-refractivity contribution in [3.63, 3.8) is 0 Å². The lowest BCUT2D eigenvalue weighted by atomic mass is 9.92. The van der Waals surface area contributed by atoms with Gasteiger partial charge in [0.25, 0.3) is 0 Å². The zero-order valence-corrected chi connectivity index (χ0v) is 11.5. The second-order valence-electron chi connectivity index (χ2n) is 5.29. The van der Waals surface area contributed by atoms with Crippen LogP contribution in [-0.4, -0.2) is 27.5 Å². The summed E-state index contributed by atoms with van der Waals surface area (Å²) in [5.74, 6) is 7.70. The number of rotatable bonds is 3. The third kappa shape index (κ3) is 2.97. The summed E-state index contributed by atoms with van der Waals surface area (Å²) in [6.45, 7) is 8.52. The number of nitrogens with two attached hydrogens (primary N) is 1. The molecule has 5 nitrogen and oxygen atoms in total. The van der Waals surface area contributed by atoms with Gasteiger partial charge in [-0.05, 0) is 39.2 Å². The molecule has 0 aromatic carbocycles. The highest BCUT2D eigenvalue weighted by molar-refractivity contribution is 5.33. The van der Waals surface area contributed by atoms with Crippen molar-refractivity contribution in [2.45, 2.75) is 46.2 Å². The molecule has 100 valence electrons. The molecule has 1 fully saturated rings. The topological polar surface area (TPSA) is 67.1 Å². The van der Waals surface area contributed by atoms with E-state index in [0.717, 1.165) is 30.5 Å². The number of piperidine rings is 1. The molecular weight excluding hydrogens is 226 g/mol. The molecule has 18 heavy (non-hydrogen) atoms. The largest absolute Gasteiger partial charge is 0.308 e. The van der Waals surface area contributed by atoms with E-state index in [1.165, 1.54) is 12.8 Å². The average molecular weight is 249 g/mol. The van der Waals surface area contributed by atoms with Gasteiger partial charge in [-0.3, -0.25) is 4.90 Å². The van der Waals surface area contributed by atoms with E-state index >= 15 is 0 Å². The van der Waals surface area contributed by atoms with Crippen molar-refractivity contribution in [3.8, 4) is 0 Å². The molecule has 0 amide bonds. The molecule has 2 unspecified atom stereocenters. The van der Waals surface area contributed by atoms with Gasteiger partial charge in [0, 0.05) is 17.8 Å². The number of nitrogen functional groups attached to an aromatic ring is 1. The highest BCUT2D eigenvalue weighted by Crippen LogP contribution is 2.24. The Balaban J connectivity index is 2.10. The number of hydrazine groups is 1. The predicted molar refractivity (Wildman–Crippen MR) is 72.8 cm³/mol. The maximum absolute atomic E-state index is 5.42. The first-order chi connectivity index (χ1) is 8.60. The first-order valence-corrected chi connectivity index (χ1v) is 6.65. The second-order valence-corrected chi connectivity index (χ2v) is 5.29. The lowest BCUT2D eigenvalue weighted by Crippen LogP contribution is -2.42. The number of nitrogens with one attached hydrogen (secondary N) is 1. The number of anilines is 1. The maximum atomic E-state index is 5.42. The Labute approximate surface area is 109 Å². The van der Waals surface area contributed by atoms with Crippen LogP contribution in [0.25, 0.3) is 0 Å².